The Morgan fingerprint density at radius 2 is 1.50 bits per heavy atom. The third kappa shape index (κ3) is 2.32. The van der Waals surface area contributed by atoms with Crippen LogP contribution < -0.4 is 0 Å². The summed E-state index contributed by atoms with van der Waals surface area (Å²) in [5, 5.41) is 9.16. The molecule has 0 spiro atoms. The van der Waals surface area contributed by atoms with Gasteiger partial charge < -0.3 is 4.42 Å². The van der Waals surface area contributed by atoms with Crippen LogP contribution in [0, 0.1) is 0 Å². The number of fused-ring (bicyclic) bond motifs is 5. The van der Waals surface area contributed by atoms with Gasteiger partial charge in [-0.3, -0.25) is 0 Å². The molecular formula is C26H16OS. The van der Waals surface area contributed by atoms with Crippen LogP contribution in [0.4, 0.5) is 0 Å². The number of hydrogen-bond donors (Lipinski definition) is 0. The molecule has 0 N–H and O–H groups in total. The summed E-state index contributed by atoms with van der Waals surface area (Å²) in [5.74, 6) is 0. The van der Waals surface area contributed by atoms with Crippen molar-refractivity contribution in [2.75, 3.05) is 0 Å². The van der Waals surface area contributed by atoms with E-state index < -0.39 is 0 Å². The average Bonchev–Trinajstić information content (AvgIpc) is 3.41. The van der Waals surface area contributed by atoms with Gasteiger partial charge in [0.2, 0.25) is 0 Å². The fraction of sp³-hybridized carbons (Fsp3) is 0. The zero-order valence-electron chi connectivity index (χ0n) is 15.1. The lowest BCUT2D eigenvalue weighted by molar-refractivity contribution is 0.670. The largest absolute Gasteiger partial charge is 0.455 e. The van der Waals surface area contributed by atoms with Crippen molar-refractivity contribution in [2.24, 2.45) is 0 Å². The second-order valence-electron chi connectivity index (χ2n) is 7.04. The smallest absolute Gasteiger partial charge is 0.143 e. The molecule has 2 heterocycles. The molecule has 28 heavy (non-hydrogen) atoms. The Morgan fingerprint density at radius 3 is 2.36 bits per heavy atom. The zero-order chi connectivity index (χ0) is 18.5. The molecule has 0 bridgehead atoms. The Bertz CT molecular complexity index is 1440. The standard InChI is InChI=1S/C26H16OS/c1-2-6-17(7-3-1)18-10-11-22-24(15-18)27-26-23(20-12-13-28-16-20)14-19-8-4-5-9-21(19)25(22)26/h1-16H. The highest BCUT2D eigenvalue weighted by atomic mass is 32.1. The van der Waals surface area contributed by atoms with Crippen LogP contribution in [0.1, 0.15) is 0 Å². The van der Waals surface area contributed by atoms with E-state index in [9.17, 15) is 0 Å². The van der Waals surface area contributed by atoms with Crippen LogP contribution in [0.3, 0.4) is 0 Å². The summed E-state index contributed by atoms with van der Waals surface area (Å²) >= 11 is 1.71. The molecule has 0 aliphatic heterocycles. The van der Waals surface area contributed by atoms with Gasteiger partial charge in [-0.25, -0.2) is 0 Å². The lowest BCUT2D eigenvalue weighted by Crippen LogP contribution is -1.80. The lowest BCUT2D eigenvalue weighted by Gasteiger charge is -2.05. The van der Waals surface area contributed by atoms with Crippen LogP contribution in [-0.4, -0.2) is 0 Å². The minimum Gasteiger partial charge on any atom is -0.455 e. The first-order valence-electron chi connectivity index (χ1n) is 9.34. The average molecular weight is 376 g/mol. The molecule has 0 unspecified atom stereocenters. The van der Waals surface area contributed by atoms with E-state index in [-0.39, 0.29) is 0 Å². The third-order valence-electron chi connectivity index (χ3n) is 5.40. The molecule has 0 aliphatic rings. The Labute approximate surface area is 166 Å². The summed E-state index contributed by atoms with van der Waals surface area (Å²) in [6, 6.07) is 30.0. The molecule has 0 fully saturated rings. The van der Waals surface area contributed by atoms with Gasteiger partial charge in [-0.15, -0.1) is 0 Å². The van der Waals surface area contributed by atoms with Crippen molar-refractivity contribution in [2.45, 2.75) is 0 Å². The van der Waals surface area contributed by atoms with Crippen LogP contribution in [0.15, 0.2) is 100 Å². The van der Waals surface area contributed by atoms with Crippen molar-refractivity contribution in [1.29, 1.82) is 0 Å². The van der Waals surface area contributed by atoms with E-state index in [2.05, 4.69) is 89.6 Å². The minimum atomic E-state index is 0.934. The Kier molecular flexibility index (Phi) is 3.40. The van der Waals surface area contributed by atoms with Crippen molar-refractivity contribution in [3.63, 3.8) is 0 Å². The summed E-state index contributed by atoms with van der Waals surface area (Å²) in [5.41, 5.74) is 6.65. The number of rotatable bonds is 2. The molecule has 6 aromatic rings. The van der Waals surface area contributed by atoms with Gasteiger partial charge in [-0.05, 0) is 62.5 Å². The molecule has 132 valence electrons. The highest BCUT2D eigenvalue weighted by Crippen LogP contribution is 2.42. The molecule has 0 saturated carbocycles. The first-order chi connectivity index (χ1) is 13.9. The second kappa shape index (κ2) is 6.08. The topological polar surface area (TPSA) is 13.1 Å². The summed E-state index contributed by atoms with van der Waals surface area (Å²) in [6.07, 6.45) is 0. The van der Waals surface area contributed by atoms with Gasteiger partial charge in [0.05, 0.1) is 0 Å². The van der Waals surface area contributed by atoms with Crippen LogP contribution in [0.2, 0.25) is 0 Å². The quantitative estimate of drug-likeness (QED) is 0.297. The second-order valence-corrected chi connectivity index (χ2v) is 7.82. The zero-order valence-corrected chi connectivity index (χ0v) is 15.9. The van der Waals surface area contributed by atoms with Gasteiger partial charge in [0.25, 0.3) is 0 Å². The van der Waals surface area contributed by atoms with Crippen LogP contribution in [0.5, 0.6) is 0 Å². The predicted molar refractivity (Wildman–Crippen MR) is 120 cm³/mol. The highest BCUT2D eigenvalue weighted by Gasteiger charge is 2.16. The van der Waals surface area contributed by atoms with Gasteiger partial charge in [0.15, 0.2) is 0 Å². The van der Waals surface area contributed by atoms with E-state index in [0.29, 0.717) is 0 Å². The minimum absolute atomic E-state index is 0.934. The fourth-order valence-electron chi connectivity index (χ4n) is 4.07. The van der Waals surface area contributed by atoms with E-state index in [4.69, 9.17) is 4.42 Å². The monoisotopic (exact) mass is 376 g/mol. The molecule has 2 aromatic heterocycles. The maximum atomic E-state index is 6.48. The van der Waals surface area contributed by atoms with Crippen LogP contribution in [-0.2, 0) is 0 Å². The number of benzene rings is 4. The van der Waals surface area contributed by atoms with Crippen molar-refractivity contribution < 1.29 is 4.42 Å². The van der Waals surface area contributed by atoms with E-state index in [1.54, 1.807) is 11.3 Å². The highest BCUT2D eigenvalue weighted by molar-refractivity contribution is 7.08. The predicted octanol–water partition coefficient (Wildman–Crippen LogP) is 8.13. The lowest BCUT2D eigenvalue weighted by atomic mass is 9.97. The van der Waals surface area contributed by atoms with Gasteiger partial charge in [0, 0.05) is 16.3 Å². The molecule has 6 rings (SSSR count). The third-order valence-corrected chi connectivity index (χ3v) is 6.09. The van der Waals surface area contributed by atoms with Crippen molar-refractivity contribution in [1.82, 2.24) is 0 Å². The Morgan fingerprint density at radius 1 is 0.643 bits per heavy atom. The number of hydrogen-bond acceptors (Lipinski definition) is 2. The maximum absolute atomic E-state index is 6.48. The van der Waals surface area contributed by atoms with Gasteiger partial charge >= 0.3 is 0 Å². The first kappa shape index (κ1) is 15.7. The molecule has 1 nitrogen and oxygen atoms in total. The SMILES string of the molecule is c1ccc(-c2ccc3c(c2)oc2c(-c4ccsc4)cc4ccccc4c23)cc1. The van der Waals surface area contributed by atoms with Crippen molar-refractivity contribution >= 4 is 44.0 Å². The Balaban J connectivity index is 1.73. The summed E-state index contributed by atoms with van der Waals surface area (Å²) in [4.78, 5) is 0. The normalized spacial score (nSPS) is 11.6. The number of thiophene rings is 1. The van der Waals surface area contributed by atoms with Gasteiger partial charge in [0.1, 0.15) is 11.2 Å². The fourth-order valence-corrected chi connectivity index (χ4v) is 4.72. The van der Waals surface area contributed by atoms with Gasteiger partial charge in [-0.2, -0.15) is 11.3 Å². The molecular weight excluding hydrogens is 360 g/mol. The van der Waals surface area contributed by atoms with Gasteiger partial charge in [-0.1, -0.05) is 60.7 Å². The molecule has 0 amide bonds. The van der Waals surface area contributed by atoms with E-state index in [1.807, 2.05) is 6.07 Å². The maximum Gasteiger partial charge on any atom is 0.143 e. The van der Waals surface area contributed by atoms with E-state index in [0.717, 1.165) is 16.7 Å². The van der Waals surface area contributed by atoms with E-state index >= 15 is 0 Å². The molecule has 0 saturated heterocycles. The summed E-state index contributed by atoms with van der Waals surface area (Å²) in [7, 11) is 0. The Hall–Kier alpha value is -3.36. The molecule has 2 heteroatoms. The molecule has 0 atom stereocenters. The van der Waals surface area contributed by atoms with Crippen molar-refractivity contribution in [3.05, 3.63) is 95.7 Å². The van der Waals surface area contributed by atoms with E-state index in [1.165, 1.54) is 38.2 Å². The number of furan rings is 1. The summed E-state index contributed by atoms with van der Waals surface area (Å²) < 4.78 is 6.48. The molecule has 4 aromatic carbocycles. The van der Waals surface area contributed by atoms with Crippen LogP contribution >= 0.6 is 11.3 Å². The molecule has 0 radical (unpaired) electrons. The van der Waals surface area contributed by atoms with Crippen molar-refractivity contribution in [3.8, 4) is 22.3 Å². The summed E-state index contributed by atoms with van der Waals surface area (Å²) in [6.45, 7) is 0. The first-order valence-corrected chi connectivity index (χ1v) is 10.3. The van der Waals surface area contributed by atoms with Crippen LogP contribution in [0.25, 0.3) is 55.0 Å². The molecule has 0 aliphatic carbocycles.